The molecule has 0 N–H and O–H groups in total. The number of aryl methyl sites for hydroxylation is 1. The molecule has 1 aromatic carbocycles. The minimum atomic E-state index is -3.43. The number of sulfonamides is 1. The van der Waals surface area contributed by atoms with Crippen molar-refractivity contribution in [1.29, 1.82) is 0 Å². The molecule has 1 aliphatic heterocycles. The maximum Gasteiger partial charge on any atom is 0.252 e. The van der Waals surface area contributed by atoms with E-state index < -0.39 is 10.0 Å². The van der Waals surface area contributed by atoms with Gasteiger partial charge in [0.15, 0.2) is 0 Å². The summed E-state index contributed by atoms with van der Waals surface area (Å²) in [5.41, 5.74) is 2.06. The second-order valence-corrected chi connectivity index (χ2v) is 11.2. The summed E-state index contributed by atoms with van der Waals surface area (Å²) >= 11 is 4.56. The van der Waals surface area contributed by atoms with Gasteiger partial charge in [-0.25, -0.2) is 8.42 Å². The molecule has 2 aromatic heterocycles. The van der Waals surface area contributed by atoms with Crippen molar-refractivity contribution in [3.8, 4) is 11.5 Å². The number of nitrogens with zero attached hydrogens (tertiary/aromatic N) is 3. The van der Waals surface area contributed by atoms with Gasteiger partial charge in [-0.1, -0.05) is 17.7 Å². The molecular formula is C18H18BrN3O3S2. The Morgan fingerprint density at radius 3 is 2.44 bits per heavy atom. The summed E-state index contributed by atoms with van der Waals surface area (Å²) in [5.74, 6) is 1.17. The highest BCUT2D eigenvalue weighted by atomic mass is 79.9. The Morgan fingerprint density at radius 2 is 1.81 bits per heavy atom. The van der Waals surface area contributed by atoms with Crippen molar-refractivity contribution in [2.45, 2.75) is 29.9 Å². The SMILES string of the molecule is Cc1ccc(-c2nnc(C3CCN(S(=O)(=O)c4ccc(Br)s4)CC3)o2)cc1. The number of halogens is 1. The third-order valence-corrected chi connectivity index (χ3v) is 8.67. The molecule has 0 amide bonds. The first-order chi connectivity index (χ1) is 12.9. The minimum absolute atomic E-state index is 0.0817. The molecule has 3 aromatic rings. The fourth-order valence-corrected chi connectivity index (χ4v) is 6.75. The summed E-state index contributed by atoms with van der Waals surface area (Å²) in [6, 6.07) is 11.3. The third kappa shape index (κ3) is 3.87. The minimum Gasteiger partial charge on any atom is -0.420 e. The van der Waals surface area contributed by atoms with Gasteiger partial charge >= 0.3 is 0 Å². The second kappa shape index (κ2) is 7.46. The van der Waals surface area contributed by atoms with Crippen LogP contribution in [0.2, 0.25) is 0 Å². The van der Waals surface area contributed by atoms with Crippen LogP contribution in [0.15, 0.2) is 48.8 Å². The zero-order valence-corrected chi connectivity index (χ0v) is 17.8. The van der Waals surface area contributed by atoms with Crippen LogP contribution in [0.5, 0.6) is 0 Å². The van der Waals surface area contributed by atoms with E-state index in [1.807, 2.05) is 31.2 Å². The lowest BCUT2D eigenvalue weighted by molar-refractivity contribution is 0.292. The largest absolute Gasteiger partial charge is 0.420 e. The van der Waals surface area contributed by atoms with Crippen LogP contribution in [0.1, 0.15) is 30.2 Å². The Morgan fingerprint density at radius 1 is 1.11 bits per heavy atom. The van der Waals surface area contributed by atoms with Crippen molar-refractivity contribution in [2.75, 3.05) is 13.1 Å². The van der Waals surface area contributed by atoms with Gasteiger partial charge < -0.3 is 4.42 Å². The number of piperidine rings is 1. The molecule has 0 saturated carbocycles. The number of thiophene rings is 1. The molecule has 0 unspecified atom stereocenters. The van der Waals surface area contributed by atoms with Gasteiger partial charge in [-0.05, 0) is 60.0 Å². The monoisotopic (exact) mass is 467 g/mol. The lowest BCUT2D eigenvalue weighted by Gasteiger charge is -2.29. The Hall–Kier alpha value is -1.55. The molecular weight excluding hydrogens is 450 g/mol. The molecule has 9 heteroatoms. The molecule has 6 nitrogen and oxygen atoms in total. The van der Waals surface area contributed by atoms with Crippen molar-refractivity contribution in [2.24, 2.45) is 0 Å². The molecule has 4 rings (SSSR count). The van der Waals surface area contributed by atoms with E-state index in [-0.39, 0.29) is 5.92 Å². The molecule has 0 bridgehead atoms. The van der Waals surface area contributed by atoms with Crippen LogP contribution in [0, 0.1) is 6.92 Å². The molecule has 1 saturated heterocycles. The topological polar surface area (TPSA) is 76.3 Å². The van der Waals surface area contributed by atoms with Crippen LogP contribution in [0.3, 0.4) is 0 Å². The number of hydrogen-bond acceptors (Lipinski definition) is 6. The van der Waals surface area contributed by atoms with Crippen LogP contribution >= 0.6 is 27.3 Å². The van der Waals surface area contributed by atoms with Gasteiger partial charge in [0, 0.05) is 24.6 Å². The van der Waals surface area contributed by atoms with Crippen LogP contribution in [0.25, 0.3) is 11.5 Å². The van der Waals surface area contributed by atoms with Gasteiger partial charge in [0.05, 0.1) is 3.79 Å². The van der Waals surface area contributed by atoms with E-state index in [2.05, 4.69) is 26.1 Å². The zero-order chi connectivity index (χ0) is 19.0. The van der Waals surface area contributed by atoms with Crippen molar-refractivity contribution >= 4 is 37.3 Å². The van der Waals surface area contributed by atoms with Crippen LogP contribution < -0.4 is 0 Å². The van der Waals surface area contributed by atoms with Crippen molar-refractivity contribution < 1.29 is 12.8 Å². The predicted octanol–water partition coefficient (Wildman–Crippen LogP) is 4.44. The standard InChI is InChI=1S/C18H18BrN3O3S2/c1-12-2-4-13(5-3-12)17-20-21-18(25-17)14-8-10-22(11-9-14)27(23,24)16-7-6-15(19)26-16/h2-7,14H,8-11H2,1H3. The van der Waals surface area contributed by atoms with E-state index in [0.29, 0.717) is 41.9 Å². The smallest absolute Gasteiger partial charge is 0.252 e. The summed E-state index contributed by atoms with van der Waals surface area (Å²) < 4.78 is 34.0. The van der Waals surface area contributed by atoms with Crippen molar-refractivity contribution in [1.82, 2.24) is 14.5 Å². The highest BCUT2D eigenvalue weighted by Gasteiger charge is 2.32. The molecule has 27 heavy (non-hydrogen) atoms. The van der Waals surface area contributed by atoms with Crippen LogP contribution in [0.4, 0.5) is 0 Å². The molecule has 0 spiro atoms. The molecule has 3 heterocycles. The van der Waals surface area contributed by atoms with Gasteiger partial charge in [-0.2, -0.15) is 4.31 Å². The Labute approximate surface area is 170 Å². The maximum absolute atomic E-state index is 12.7. The highest BCUT2D eigenvalue weighted by Crippen LogP contribution is 2.34. The van der Waals surface area contributed by atoms with Gasteiger partial charge in [0.1, 0.15) is 4.21 Å². The first-order valence-corrected chi connectivity index (χ1v) is 11.6. The van der Waals surface area contributed by atoms with Crippen LogP contribution in [-0.4, -0.2) is 36.0 Å². The van der Waals surface area contributed by atoms with E-state index in [9.17, 15) is 8.42 Å². The number of benzene rings is 1. The molecule has 0 aliphatic carbocycles. The first-order valence-electron chi connectivity index (χ1n) is 8.59. The van der Waals surface area contributed by atoms with E-state index in [0.717, 1.165) is 9.35 Å². The number of hydrogen-bond donors (Lipinski definition) is 0. The number of rotatable bonds is 4. The van der Waals surface area contributed by atoms with E-state index in [1.165, 1.54) is 16.9 Å². The van der Waals surface area contributed by atoms with Gasteiger partial charge in [-0.15, -0.1) is 21.5 Å². The first kappa shape index (κ1) is 18.8. The Kier molecular flexibility index (Phi) is 5.19. The molecule has 1 aliphatic rings. The van der Waals surface area contributed by atoms with E-state index >= 15 is 0 Å². The molecule has 1 fully saturated rings. The molecule has 142 valence electrons. The molecule has 0 radical (unpaired) electrons. The zero-order valence-electron chi connectivity index (χ0n) is 14.6. The Bertz CT molecular complexity index is 1040. The highest BCUT2D eigenvalue weighted by molar-refractivity contribution is 9.11. The number of aromatic nitrogens is 2. The average molecular weight is 468 g/mol. The van der Waals surface area contributed by atoms with E-state index in [1.54, 1.807) is 16.4 Å². The summed E-state index contributed by atoms with van der Waals surface area (Å²) in [7, 11) is -3.43. The second-order valence-electron chi connectivity index (χ2n) is 6.55. The summed E-state index contributed by atoms with van der Waals surface area (Å²) in [6.45, 7) is 2.93. The fraction of sp³-hybridized carbons (Fsp3) is 0.333. The van der Waals surface area contributed by atoms with Crippen molar-refractivity contribution in [3.05, 3.63) is 51.6 Å². The predicted molar refractivity (Wildman–Crippen MR) is 107 cm³/mol. The summed E-state index contributed by atoms with van der Waals surface area (Å²) in [4.78, 5) is 0. The molecule has 0 atom stereocenters. The quantitative estimate of drug-likeness (QED) is 0.566. The Balaban J connectivity index is 1.44. The summed E-state index contributed by atoms with van der Waals surface area (Å²) in [6.07, 6.45) is 1.34. The van der Waals surface area contributed by atoms with Gasteiger partial charge in [0.25, 0.3) is 10.0 Å². The van der Waals surface area contributed by atoms with Crippen LogP contribution in [-0.2, 0) is 10.0 Å². The lowest BCUT2D eigenvalue weighted by atomic mass is 9.98. The van der Waals surface area contributed by atoms with Gasteiger partial charge in [0.2, 0.25) is 11.8 Å². The van der Waals surface area contributed by atoms with Gasteiger partial charge in [-0.3, -0.25) is 0 Å². The lowest BCUT2D eigenvalue weighted by Crippen LogP contribution is -2.37. The van der Waals surface area contributed by atoms with E-state index in [4.69, 9.17) is 4.42 Å². The summed E-state index contributed by atoms with van der Waals surface area (Å²) in [5, 5.41) is 8.36. The third-order valence-electron chi connectivity index (χ3n) is 4.69. The average Bonchev–Trinajstić information content (AvgIpc) is 3.32. The maximum atomic E-state index is 12.7. The normalized spacial score (nSPS) is 16.7. The fourth-order valence-electron chi connectivity index (χ4n) is 3.12. The van der Waals surface area contributed by atoms with Crippen molar-refractivity contribution in [3.63, 3.8) is 0 Å².